The van der Waals surface area contributed by atoms with E-state index in [4.69, 9.17) is 43.9 Å². The van der Waals surface area contributed by atoms with E-state index in [-0.39, 0.29) is 5.71 Å². The van der Waals surface area contributed by atoms with E-state index in [0.29, 0.717) is 38.2 Å². The van der Waals surface area contributed by atoms with E-state index < -0.39 is 16.8 Å². The molecule has 3 aromatic rings. The summed E-state index contributed by atoms with van der Waals surface area (Å²) in [6, 6.07) is 12.6. The molecule has 0 aliphatic carbocycles. The smallest absolute Gasteiger partial charge is 0.124 e. The number of anilines is 1. The van der Waals surface area contributed by atoms with E-state index in [1.54, 1.807) is 18.2 Å². The average Bonchev–Trinajstić information content (AvgIpc) is 2.69. The first-order valence-corrected chi connectivity index (χ1v) is 11.1. The molecule has 0 aliphatic rings. The summed E-state index contributed by atoms with van der Waals surface area (Å²) in [6.07, 6.45) is 4.45. The largest absolute Gasteiger partial charge is 0.486 e. The first-order valence-electron chi connectivity index (χ1n) is 8.69. The topological polar surface area (TPSA) is 95.8 Å². The number of nitrogens with zero attached hydrogens (tertiary/aromatic N) is 1. The number of hydrogen-bond donors (Lipinski definition) is 3. The first-order chi connectivity index (χ1) is 13.8. The molecule has 0 aliphatic heterocycles. The van der Waals surface area contributed by atoms with Gasteiger partial charge in [0.05, 0.1) is 15.8 Å². The maximum atomic E-state index is 8.62. The molecular formula is C21H20Cl2N4OS. The number of aromatic nitrogens is 1. The van der Waals surface area contributed by atoms with Crippen molar-refractivity contribution >= 4 is 45.3 Å². The highest BCUT2D eigenvalue weighted by Gasteiger charge is 2.17. The fraction of sp³-hybridized carbons (Fsp3) is 0.143. The summed E-state index contributed by atoms with van der Waals surface area (Å²) in [5.74, 6) is 0.544. The molecule has 8 heteroatoms. The molecule has 4 N–H and O–H groups in total. The minimum absolute atomic E-state index is 0.271. The molecule has 150 valence electrons. The SMILES string of the molecule is CC(Oc1ccc(N)c(C(=N)c2cccc(S(C)=N)c2)c1)c1c(Cl)cncc1Cl. The van der Waals surface area contributed by atoms with Gasteiger partial charge in [0.15, 0.2) is 0 Å². The normalized spacial score (nSPS) is 13.0. The molecule has 1 heterocycles. The Labute approximate surface area is 182 Å². The highest BCUT2D eigenvalue weighted by molar-refractivity contribution is 7.85. The summed E-state index contributed by atoms with van der Waals surface area (Å²) in [5.41, 5.74) is 8.78. The third-order valence-corrected chi connectivity index (χ3v) is 5.94. The summed E-state index contributed by atoms with van der Waals surface area (Å²) < 4.78 is 13.9. The van der Waals surface area contributed by atoms with Crippen molar-refractivity contribution < 1.29 is 4.74 Å². The summed E-state index contributed by atoms with van der Waals surface area (Å²) >= 11 is 12.4. The van der Waals surface area contributed by atoms with Crippen LogP contribution < -0.4 is 10.5 Å². The van der Waals surface area contributed by atoms with Crippen molar-refractivity contribution in [2.75, 3.05) is 12.0 Å². The van der Waals surface area contributed by atoms with Crippen molar-refractivity contribution in [1.29, 1.82) is 10.2 Å². The van der Waals surface area contributed by atoms with Gasteiger partial charge in [-0.25, -0.2) is 0 Å². The molecular weight excluding hydrogens is 427 g/mol. The lowest BCUT2D eigenvalue weighted by Gasteiger charge is -2.18. The number of pyridine rings is 1. The average molecular weight is 447 g/mol. The molecule has 0 amide bonds. The van der Waals surface area contributed by atoms with Crippen molar-refractivity contribution in [3.8, 4) is 5.75 Å². The Morgan fingerprint density at radius 2 is 1.83 bits per heavy atom. The number of nitrogens with one attached hydrogen (secondary N) is 2. The van der Waals surface area contributed by atoms with Crippen LogP contribution in [0.5, 0.6) is 5.75 Å². The Kier molecular flexibility index (Phi) is 6.57. The minimum Gasteiger partial charge on any atom is -0.486 e. The molecule has 1 aromatic heterocycles. The van der Waals surface area contributed by atoms with Gasteiger partial charge in [-0.2, -0.15) is 0 Å². The predicted octanol–water partition coefficient (Wildman–Crippen LogP) is 5.90. The van der Waals surface area contributed by atoms with Gasteiger partial charge in [0, 0.05) is 39.7 Å². The van der Waals surface area contributed by atoms with Crippen molar-refractivity contribution in [3.05, 3.63) is 81.6 Å². The molecule has 0 radical (unpaired) electrons. The molecule has 3 rings (SSSR count). The second-order valence-corrected chi connectivity index (χ2v) is 8.75. The number of ether oxygens (including phenoxy) is 1. The second kappa shape index (κ2) is 8.95. The van der Waals surface area contributed by atoms with Gasteiger partial charge in [0.25, 0.3) is 0 Å². The van der Waals surface area contributed by atoms with Gasteiger partial charge in [-0.3, -0.25) is 15.2 Å². The summed E-state index contributed by atoms with van der Waals surface area (Å²) in [7, 11) is -0.638. The monoisotopic (exact) mass is 446 g/mol. The number of rotatable bonds is 6. The molecule has 29 heavy (non-hydrogen) atoms. The zero-order valence-electron chi connectivity index (χ0n) is 15.9. The fourth-order valence-corrected chi connectivity index (χ4v) is 4.15. The highest BCUT2D eigenvalue weighted by atomic mass is 35.5. The molecule has 0 saturated carbocycles. The van der Waals surface area contributed by atoms with Gasteiger partial charge in [0.2, 0.25) is 0 Å². The Bertz CT molecular complexity index is 1080. The quantitative estimate of drug-likeness (QED) is 0.324. The third kappa shape index (κ3) is 4.78. The summed E-state index contributed by atoms with van der Waals surface area (Å²) in [5, 5.41) is 9.47. The van der Waals surface area contributed by atoms with E-state index in [0.717, 1.165) is 4.90 Å². The number of hydrogen-bond acceptors (Lipinski definition) is 5. The van der Waals surface area contributed by atoms with Gasteiger partial charge < -0.3 is 10.5 Å². The zero-order valence-corrected chi connectivity index (χ0v) is 18.2. The van der Waals surface area contributed by atoms with E-state index in [1.165, 1.54) is 12.4 Å². The zero-order chi connectivity index (χ0) is 21.1. The number of nitrogens with two attached hydrogens (primary N) is 1. The van der Waals surface area contributed by atoms with E-state index in [9.17, 15) is 0 Å². The van der Waals surface area contributed by atoms with Crippen LogP contribution in [0.25, 0.3) is 0 Å². The molecule has 5 nitrogen and oxygen atoms in total. The number of halogens is 2. The lowest BCUT2D eigenvalue weighted by Crippen LogP contribution is -2.09. The lowest BCUT2D eigenvalue weighted by atomic mass is 10.0. The van der Waals surface area contributed by atoms with Gasteiger partial charge in [0.1, 0.15) is 11.9 Å². The van der Waals surface area contributed by atoms with Gasteiger partial charge in [-0.15, -0.1) is 0 Å². The van der Waals surface area contributed by atoms with Crippen LogP contribution in [0, 0.1) is 10.2 Å². The van der Waals surface area contributed by atoms with Gasteiger partial charge >= 0.3 is 0 Å². The molecule has 2 aromatic carbocycles. The van der Waals surface area contributed by atoms with E-state index in [2.05, 4.69) is 4.98 Å². The maximum absolute atomic E-state index is 8.62. The van der Waals surface area contributed by atoms with E-state index >= 15 is 0 Å². The highest BCUT2D eigenvalue weighted by Crippen LogP contribution is 2.33. The lowest BCUT2D eigenvalue weighted by molar-refractivity contribution is 0.227. The first kappa shape index (κ1) is 21.3. The summed E-state index contributed by atoms with van der Waals surface area (Å²) in [6.45, 7) is 1.84. The maximum Gasteiger partial charge on any atom is 0.124 e. The van der Waals surface area contributed by atoms with Crippen LogP contribution in [-0.2, 0) is 10.7 Å². The molecule has 0 saturated heterocycles. The van der Waals surface area contributed by atoms with Crippen molar-refractivity contribution in [1.82, 2.24) is 4.98 Å². The Morgan fingerprint density at radius 1 is 1.14 bits per heavy atom. The van der Waals surface area contributed by atoms with Crippen molar-refractivity contribution in [2.45, 2.75) is 17.9 Å². The Morgan fingerprint density at radius 3 is 2.48 bits per heavy atom. The van der Waals surface area contributed by atoms with E-state index in [1.807, 2.05) is 37.4 Å². The Hall–Kier alpha value is -2.41. The van der Waals surface area contributed by atoms with Crippen LogP contribution in [0.3, 0.4) is 0 Å². The van der Waals surface area contributed by atoms with Crippen LogP contribution in [0.4, 0.5) is 5.69 Å². The fourth-order valence-electron chi connectivity index (χ4n) is 2.90. The molecule has 2 atom stereocenters. The molecule has 0 fully saturated rings. The van der Waals surface area contributed by atoms with Crippen LogP contribution in [0.15, 0.2) is 59.8 Å². The van der Waals surface area contributed by atoms with Gasteiger partial charge in [-0.1, -0.05) is 46.0 Å². The third-order valence-electron chi connectivity index (χ3n) is 4.38. The number of nitrogen functional groups attached to an aromatic ring is 1. The molecule has 0 spiro atoms. The van der Waals surface area contributed by atoms with Crippen molar-refractivity contribution in [2.24, 2.45) is 0 Å². The standard InChI is InChI=1S/C21H20Cl2N4OS/c1-12(20-17(22)10-27-11-18(20)23)28-14-6-7-19(24)16(9-14)21(25)13-4-3-5-15(8-13)29(2)26/h3-12,25-26H,24H2,1-2H3. The van der Waals surface area contributed by atoms with Crippen LogP contribution >= 0.6 is 23.2 Å². The second-order valence-electron chi connectivity index (χ2n) is 6.44. The van der Waals surface area contributed by atoms with Crippen LogP contribution in [0.1, 0.15) is 29.7 Å². The predicted molar refractivity (Wildman–Crippen MR) is 121 cm³/mol. The van der Waals surface area contributed by atoms with Gasteiger partial charge in [-0.05, 0) is 43.5 Å². The Balaban J connectivity index is 1.91. The molecule has 2 unspecified atom stereocenters. The minimum atomic E-state index is -0.638. The molecule has 0 bridgehead atoms. The van der Waals surface area contributed by atoms with Crippen molar-refractivity contribution in [3.63, 3.8) is 0 Å². The van der Waals surface area contributed by atoms with Crippen LogP contribution in [-0.4, -0.2) is 17.0 Å². The summed E-state index contributed by atoms with van der Waals surface area (Å²) in [4.78, 5) is 4.83. The van der Waals surface area contributed by atoms with Crippen LogP contribution in [0.2, 0.25) is 10.0 Å². The number of benzene rings is 2.